The predicted octanol–water partition coefficient (Wildman–Crippen LogP) is 8.72. The Hall–Kier alpha value is -4.50. The molecule has 44 heavy (non-hydrogen) atoms. The third-order valence-electron chi connectivity index (χ3n) is 11.5. The zero-order valence-electron chi connectivity index (χ0n) is 25.9. The third kappa shape index (κ3) is 3.28. The van der Waals surface area contributed by atoms with Crippen LogP contribution in [0, 0.1) is 6.92 Å². The van der Waals surface area contributed by atoms with Crippen molar-refractivity contribution in [1.29, 1.82) is 0 Å². The first-order chi connectivity index (χ1) is 21.5. The summed E-state index contributed by atoms with van der Waals surface area (Å²) >= 11 is 0. The van der Waals surface area contributed by atoms with Gasteiger partial charge in [-0.1, -0.05) is 128 Å². The van der Waals surface area contributed by atoms with Crippen LogP contribution in [0.3, 0.4) is 0 Å². The number of aryl methyl sites for hydroxylation is 1. The SMILES string of the molecule is Cc1cccc2c(-c3ccccc3)c(-c3ccccc3)n(-c3cccc4c3Bc3cccc5c3N4C3(C)CCCCC53C)c12. The van der Waals surface area contributed by atoms with E-state index in [0.29, 0.717) is 0 Å². The minimum absolute atomic E-state index is 0.0591. The van der Waals surface area contributed by atoms with Crippen LogP contribution >= 0.6 is 0 Å². The molecular formula is C41H37BN2. The van der Waals surface area contributed by atoms with Gasteiger partial charge in [0.05, 0.1) is 16.7 Å². The van der Waals surface area contributed by atoms with E-state index in [2.05, 4.69) is 145 Å². The molecule has 2 nitrogen and oxygen atoms in total. The maximum absolute atomic E-state index is 2.79. The average Bonchev–Trinajstić information content (AvgIpc) is 3.51. The van der Waals surface area contributed by atoms with Crippen LogP contribution in [0.5, 0.6) is 0 Å². The van der Waals surface area contributed by atoms with Gasteiger partial charge in [0.25, 0.3) is 0 Å². The van der Waals surface area contributed by atoms with E-state index in [9.17, 15) is 0 Å². The lowest BCUT2D eigenvalue weighted by molar-refractivity contribution is 0.195. The van der Waals surface area contributed by atoms with Crippen molar-refractivity contribution in [3.05, 3.63) is 126 Å². The first-order valence-corrected chi connectivity index (χ1v) is 16.3. The fourth-order valence-corrected chi connectivity index (χ4v) is 9.22. The lowest BCUT2D eigenvalue weighted by Crippen LogP contribution is -2.57. The molecule has 1 fully saturated rings. The Balaban J connectivity index is 1.39. The van der Waals surface area contributed by atoms with Gasteiger partial charge in [0.15, 0.2) is 0 Å². The molecular weight excluding hydrogens is 531 g/mol. The molecule has 0 saturated heterocycles. The number of fused-ring (bicyclic) bond motifs is 6. The summed E-state index contributed by atoms with van der Waals surface area (Å²) in [5.41, 5.74) is 16.5. The van der Waals surface area contributed by atoms with E-state index in [-0.39, 0.29) is 11.0 Å². The van der Waals surface area contributed by atoms with Crippen molar-refractivity contribution < 1.29 is 0 Å². The molecule has 1 saturated carbocycles. The van der Waals surface area contributed by atoms with Gasteiger partial charge in [0.2, 0.25) is 7.28 Å². The van der Waals surface area contributed by atoms with Crippen LogP contribution in [-0.4, -0.2) is 17.4 Å². The summed E-state index contributed by atoms with van der Waals surface area (Å²) in [6.45, 7) is 7.37. The second-order valence-electron chi connectivity index (χ2n) is 13.7. The molecule has 9 rings (SSSR count). The Kier molecular flexibility index (Phi) is 5.46. The Morgan fingerprint density at radius 2 is 1.34 bits per heavy atom. The molecule has 214 valence electrons. The maximum Gasteiger partial charge on any atom is 0.200 e. The van der Waals surface area contributed by atoms with Crippen LogP contribution < -0.4 is 15.8 Å². The fourth-order valence-electron chi connectivity index (χ4n) is 9.22. The van der Waals surface area contributed by atoms with Crippen molar-refractivity contribution in [2.45, 2.75) is 57.4 Å². The van der Waals surface area contributed by atoms with Gasteiger partial charge >= 0.3 is 0 Å². The van der Waals surface area contributed by atoms with Crippen LogP contribution in [0.4, 0.5) is 11.4 Å². The van der Waals surface area contributed by atoms with Gasteiger partial charge in [-0.3, -0.25) is 0 Å². The molecule has 3 heterocycles. The number of aromatic nitrogens is 1. The Morgan fingerprint density at radius 3 is 2.14 bits per heavy atom. The van der Waals surface area contributed by atoms with Crippen LogP contribution in [0.2, 0.25) is 0 Å². The lowest BCUT2D eigenvalue weighted by Gasteiger charge is -2.51. The van der Waals surface area contributed by atoms with E-state index >= 15 is 0 Å². The van der Waals surface area contributed by atoms with Gasteiger partial charge in [-0.25, -0.2) is 0 Å². The highest BCUT2D eigenvalue weighted by Gasteiger charge is 2.59. The molecule has 3 heteroatoms. The van der Waals surface area contributed by atoms with Gasteiger partial charge in [0.1, 0.15) is 0 Å². The summed E-state index contributed by atoms with van der Waals surface area (Å²) in [4.78, 5) is 2.79. The molecule has 1 aliphatic carbocycles. The monoisotopic (exact) mass is 568 g/mol. The number of hydrogen-bond acceptors (Lipinski definition) is 1. The smallest absolute Gasteiger partial charge is 0.200 e. The molecule has 3 aliphatic rings. The molecule has 2 aliphatic heterocycles. The summed E-state index contributed by atoms with van der Waals surface area (Å²) in [5, 5.41) is 1.30. The van der Waals surface area contributed by atoms with Crippen molar-refractivity contribution in [2.24, 2.45) is 0 Å². The number of benzene rings is 5. The molecule has 2 atom stereocenters. The minimum Gasteiger partial charge on any atom is -0.335 e. The van der Waals surface area contributed by atoms with E-state index in [1.54, 1.807) is 5.56 Å². The average molecular weight is 569 g/mol. The van der Waals surface area contributed by atoms with Crippen molar-refractivity contribution in [3.8, 4) is 28.1 Å². The third-order valence-corrected chi connectivity index (χ3v) is 11.5. The minimum atomic E-state index is 0.0591. The number of hydrogen-bond donors (Lipinski definition) is 0. The predicted molar refractivity (Wildman–Crippen MR) is 188 cm³/mol. The van der Waals surface area contributed by atoms with E-state index in [1.165, 1.54) is 92.5 Å². The highest BCUT2D eigenvalue weighted by molar-refractivity contribution is 6.73. The summed E-state index contributed by atoms with van der Waals surface area (Å²) < 4.78 is 2.61. The van der Waals surface area contributed by atoms with Crippen LogP contribution in [-0.2, 0) is 5.41 Å². The fraction of sp³-hybridized carbons (Fsp3) is 0.220. The highest BCUT2D eigenvalue weighted by atomic mass is 15.3. The zero-order valence-corrected chi connectivity index (χ0v) is 25.9. The van der Waals surface area contributed by atoms with Crippen LogP contribution in [0.1, 0.15) is 50.7 Å². The van der Waals surface area contributed by atoms with E-state index in [1.807, 2.05) is 0 Å². The maximum atomic E-state index is 2.79. The number of rotatable bonds is 3. The zero-order chi connectivity index (χ0) is 29.6. The van der Waals surface area contributed by atoms with Crippen LogP contribution in [0.25, 0.3) is 39.0 Å². The molecule has 0 radical (unpaired) electrons. The standard InChI is InChI=1S/C41H37BN2/c1-27-15-12-20-30-35(28-16-6-4-7-17-28)38(29-18-8-5-9-19-29)43(37(27)30)33-23-14-24-34-36(33)42-32-22-13-21-31-39(32)44(34)41(3)26-11-10-25-40(31,41)2/h4-9,12-24,42H,10-11,25-26H2,1-3H3. The summed E-state index contributed by atoms with van der Waals surface area (Å²) in [7, 11) is 0.942. The van der Waals surface area contributed by atoms with E-state index in [0.717, 1.165) is 7.28 Å². The molecule has 0 spiro atoms. The molecule has 0 bridgehead atoms. The van der Waals surface area contributed by atoms with Crippen LogP contribution in [0.15, 0.2) is 115 Å². The Labute approximate surface area is 261 Å². The first kappa shape index (κ1) is 26.0. The summed E-state index contributed by atoms with van der Waals surface area (Å²) in [6.07, 6.45) is 5.08. The highest BCUT2D eigenvalue weighted by Crippen LogP contribution is 2.60. The van der Waals surface area contributed by atoms with Gasteiger partial charge in [-0.2, -0.15) is 0 Å². The number of para-hydroxylation sites is 2. The van der Waals surface area contributed by atoms with Gasteiger partial charge in [-0.15, -0.1) is 0 Å². The van der Waals surface area contributed by atoms with Crippen molar-refractivity contribution in [1.82, 2.24) is 4.57 Å². The Bertz CT molecular complexity index is 2090. The topological polar surface area (TPSA) is 8.17 Å². The van der Waals surface area contributed by atoms with Gasteiger partial charge < -0.3 is 9.47 Å². The number of nitrogens with zero attached hydrogens (tertiary/aromatic N) is 2. The van der Waals surface area contributed by atoms with Crippen molar-refractivity contribution >= 4 is 40.5 Å². The van der Waals surface area contributed by atoms with Gasteiger partial charge in [-0.05, 0) is 66.5 Å². The van der Waals surface area contributed by atoms with E-state index in [4.69, 9.17) is 0 Å². The quantitative estimate of drug-likeness (QED) is 0.194. The second kappa shape index (κ2) is 9.25. The lowest BCUT2D eigenvalue weighted by atomic mass is 9.59. The van der Waals surface area contributed by atoms with Crippen molar-refractivity contribution in [3.63, 3.8) is 0 Å². The normalized spacial score (nSPS) is 21.5. The Morgan fingerprint density at radius 1 is 0.659 bits per heavy atom. The van der Waals surface area contributed by atoms with Crippen molar-refractivity contribution in [2.75, 3.05) is 4.90 Å². The molecule has 0 amide bonds. The second-order valence-corrected chi connectivity index (χ2v) is 13.7. The largest absolute Gasteiger partial charge is 0.335 e. The molecule has 1 aromatic heterocycles. The summed E-state index contributed by atoms with van der Waals surface area (Å²) in [5.74, 6) is 0. The molecule has 6 aromatic rings. The molecule has 0 N–H and O–H groups in total. The number of anilines is 2. The summed E-state index contributed by atoms with van der Waals surface area (Å²) in [6, 6.07) is 43.0. The first-order valence-electron chi connectivity index (χ1n) is 16.3. The molecule has 5 aromatic carbocycles. The molecule has 2 unspecified atom stereocenters. The van der Waals surface area contributed by atoms with Gasteiger partial charge in [0, 0.05) is 33.4 Å². The van der Waals surface area contributed by atoms with E-state index < -0.39 is 0 Å².